The predicted molar refractivity (Wildman–Crippen MR) is 198 cm³/mol. The van der Waals surface area contributed by atoms with Gasteiger partial charge >= 0.3 is 0 Å². The quantitative estimate of drug-likeness (QED) is 0.130. The molecule has 5 aromatic rings. The number of piperidine rings is 1. The number of aryl methyl sites for hydroxylation is 1. The molecule has 0 aliphatic carbocycles. The van der Waals surface area contributed by atoms with Crippen molar-refractivity contribution >= 4 is 22.9 Å². The predicted octanol–water partition coefficient (Wildman–Crippen LogP) is 7.15. The van der Waals surface area contributed by atoms with Gasteiger partial charge in [-0.15, -0.1) is 0 Å². The fourth-order valence-electron chi connectivity index (χ4n) is 7.99. The van der Waals surface area contributed by atoms with Gasteiger partial charge in [0.15, 0.2) is 11.5 Å². The minimum absolute atomic E-state index is 0.130. The molecule has 4 heterocycles. The van der Waals surface area contributed by atoms with E-state index in [9.17, 15) is 9.18 Å². The number of methoxy groups -OCH3 is 3. The first kappa shape index (κ1) is 35.4. The molecule has 274 valence electrons. The van der Waals surface area contributed by atoms with Crippen molar-refractivity contribution in [1.29, 1.82) is 0 Å². The molecule has 1 N–H and O–H groups in total. The lowest BCUT2D eigenvalue weighted by Gasteiger charge is -2.39. The number of carbonyl (C=O) groups excluding carboxylic acids is 1. The number of ether oxygens (including phenoxy) is 3. The number of aromatic amines is 1. The second-order valence-electron chi connectivity index (χ2n) is 14.1. The molecule has 0 bridgehead atoms. The summed E-state index contributed by atoms with van der Waals surface area (Å²) in [7, 11) is 4.76. The number of hydrogen-bond acceptors (Lipinski definition) is 8. The number of furan rings is 1. The SMILES string of the molecule is COc1cc(CN2CCC(CCN3CCC(N(Cc4ccc(C)o4)c4nc5ccccc5[nH]4)CC3)(Cc3ccc(F)cc3)C2=O)cc(OC)c1OC. The number of imidazole rings is 1. The molecular weight excluding hydrogens is 661 g/mol. The van der Waals surface area contributed by atoms with E-state index in [2.05, 4.69) is 20.9 Å². The summed E-state index contributed by atoms with van der Waals surface area (Å²) >= 11 is 0. The fourth-order valence-corrected chi connectivity index (χ4v) is 7.99. The van der Waals surface area contributed by atoms with E-state index >= 15 is 0 Å². The van der Waals surface area contributed by atoms with Crippen molar-refractivity contribution in [2.45, 2.75) is 58.2 Å². The molecule has 1 atom stereocenters. The molecule has 0 saturated carbocycles. The Morgan fingerprint density at radius 2 is 1.67 bits per heavy atom. The van der Waals surface area contributed by atoms with Gasteiger partial charge in [-0.3, -0.25) is 4.79 Å². The van der Waals surface area contributed by atoms with E-state index in [0.717, 1.165) is 84.9 Å². The number of fused-ring (bicyclic) bond motifs is 1. The number of halogens is 1. The molecule has 10 nitrogen and oxygen atoms in total. The largest absolute Gasteiger partial charge is 0.493 e. The van der Waals surface area contributed by atoms with Gasteiger partial charge in [-0.05, 0) is 105 Å². The highest BCUT2D eigenvalue weighted by Gasteiger charge is 2.46. The number of nitrogens with one attached hydrogen (secondary N) is 1. The number of H-pyrrole nitrogens is 1. The highest BCUT2D eigenvalue weighted by Crippen LogP contribution is 2.42. The number of nitrogens with zero attached hydrogens (tertiary/aromatic N) is 4. The van der Waals surface area contributed by atoms with E-state index in [1.165, 1.54) is 12.1 Å². The Bertz CT molecular complexity index is 1930. The smallest absolute Gasteiger partial charge is 0.229 e. The minimum atomic E-state index is -0.590. The Morgan fingerprint density at radius 3 is 2.33 bits per heavy atom. The van der Waals surface area contributed by atoms with Crippen LogP contribution in [0.25, 0.3) is 11.0 Å². The highest BCUT2D eigenvalue weighted by molar-refractivity contribution is 5.85. The van der Waals surface area contributed by atoms with E-state index < -0.39 is 5.41 Å². The van der Waals surface area contributed by atoms with Gasteiger partial charge in [0.1, 0.15) is 17.3 Å². The van der Waals surface area contributed by atoms with Gasteiger partial charge in [-0.25, -0.2) is 9.37 Å². The van der Waals surface area contributed by atoms with Crippen LogP contribution >= 0.6 is 0 Å². The Hall–Kier alpha value is -5.03. The molecule has 2 aliphatic heterocycles. The monoisotopic (exact) mass is 709 g/mol. The summed E-state index contributed by atoms with van der Waals surface area (Å²) in [6.07, 6.45) is 3.94. The zero-order valence-electron chi connectivity index (χ0n) is 30.5. The topological polar surface area (TPSA) is 96.3 Å². The van der Waals surface area contributed by atoms with Crippen molar-refractivity contribution in [3.63, 3.8) is 0 Å². The van der Waals surface area contributed by atoms with E-state index in [0.29, 0.717) is 43.3 Å². The van der Waals surface area contributed by atoms with Gasteiger partial charge in [-0.2, -0.15) is 0 Å². The van der Waals surface area contributed by atoms with E-state index in [-0.39, 0.29) is 17.8 Å². The van der Waals surface area contributed by atoms with Crippen LogP contribution in [0.3, 0.4) is 0 Å². The maximum Gasteiger partial charge on any atom is 0.229 e. The first-order chi connectivity index (χ1) is 25.3. The molecule has 2 aliphatic rings. The zero-order valence-corrected chi connectivity index (χ0v) is 30.5. The van der Waals surface area contributed by atoms with Crippen LogP contribution in [0.15, 0.2) is 77.2 Å². The third kappa shape index (κ3) is 7.46. The lowest BCUT2D eigenvalue weighted by Crippen LogP contribution is -2.46. The molecule has 7 rings (SSSR count). The van der Waals surface area contributed by atoms with Gasteiger partial charge in [0, 0.05) is 32.2 Å². The first-order valence-corrected chi connectivity index (χ1v) is 18.1. The van der Waals surface area contributed by atoms with Crippen LogP contribution in [-0.4, -0.2) is 79.2 Å². The van der Waals surface area contributed by atoms with Crippen LogP contribution in [0, 0.1) is 18.2 Å². The molecule has 2 fully saturated rings. The lowest BCUT2D eigenvalue weighted by molar-refractivity contribution is -0.137. The normalized spacial score (nSPS) is 18.3. The van der Waals surface area contributed by atoms with Crippen molar-refractivity contribution in [3.8, 4) is 17.2 Å². The summed E-state index contributed by atoms with van der Waals surface area (Å²) in [5, 5.41) is 0. The molecule has 52 heavy (non-hydrogen) atoms. The van der Waals surface area contributed by atoms with E-state index in [4.69, 9.17) is 23.6 Å². The molecular formula is C41H48FN5O5. The Morgan fingerprint density at radius 1 is 0.942 bits per heavy atom. The highest BCUT2D eigenvalue weighted by atomic mass is 19.1. The number of anilines is 1. The summed E-state index contributed by atoms with van der Waals surface area (Å²) in [4.78, 5) is 29.8. The van der Waals surface area contributed by atoms with Crippen molar-refractivity contribution in [1.82, 2.24) is 19.8 Å². The van der Waals surface area contributed by atoms with Crippen molar-refractivity contribution in [2.24, 2.45) is 5.41 Å². The molecule has 3 aromatic carbocycles. The van der Waals surface area contributed by atoms with Crippen molar-refractivity contribution in [2.75, 3.05) is 52.4 Å². The molecule has 2 aromatic heterocycles. The third-order valence-electron chi connectivity index (χ3n) is 10.8. The maximum atomic E-state index is 14.5. The number of para-hydroxylation sites is 2. The molecule has 1 unspecified atom stereocenters. The molecule has 2 saturated heterocycles. The van der Waals surface area contributed by atoms with Gasteiger partial charge < -0.3 is 38.3 Å². The van der Waals surface area contributed by atoms with Crippen LogP contribution in [0.2, 0.25) is 0 Å². The number of likely N-dealkylation sites (tertiary alicyclic amines) is 2. The summed E-state index contributed by atoms with van der Waals surface area (Å²) in [5.41, 5.74) is 3.25. The molecule has 11 heteroatoms. The average Bonchev–Trinajstić information content (AvgIpc) is 3.87. The standard InChI is InChI=1S/C41H48FN5O5/c1-28-9-14-33(52-28)27-47(40-43-34-7-5-6-8-35(34)44-40)32-15-19-45(20-16-32)21-17-41(25-29-10-12-31(42)13-11-29)18-22-46(39(41)48)26-30-23-36(49-2)38(51-4)37(24-30)50-3/h5-14,23-24,32H,15-22,25-27H2,1-4H3,(H,43,44). The summed E-state index contributed by atoms with van der Waals surface area (Å²) in [6.45, 7) is 6.30. The number of carbonyl (C=O) groups is 1. The summed E-state index contributed by atoms with van der Waals surface area (Å²) in [6, 6.07) is 22.8. The summed E-state index contributed by atoms with van der Waals surface area (Å²) in [5.74, 6) is 4.16. The molecule has 0 radical (unpaired) electrons. The maximum absolute atomic E-state index is 14.5. The second-order valence-corrected chi connectivity index (χ2v) is 14.1. The van der Waals surface area contributed by atoms with Gasteiger partial charge in [-0.1, -0.05) is 24.3 Å². The zero-order chi connectivity index (χ0) is 36.2. The summed E-state index contributed by atoms with van der Waals surface area (Å²) < 4.78 is 36.6. The van der Waals surface area contributed by atoms with Crippen molar-refractivity contribution < 1.29 is 27.8 Å². The Balaban J connectivity index is 1.06. The van der Waals surface area contributed by atoms with Crippen LogP contribution in [0.5, 0.6) is 17.2 Å². The van der Waals surface area contributed by atoms with Crippen LogP contribution in [0.4, 0.5) is 10.3 Å². The Labute approximate surface area is 304 Å². The second kappa shape index (κ2) is 15.3. The fraction of sp³-hybridized carbons (Fsp3) is 0.415. The van der Waals surface area contributed by atoms with Crippen LogP contribution < -0.4 is 19.1 Å². The van der Waals surface area contributed by atoms with Gasteiger partial charge in [0.05, 0.1) is 44.3 Å². The Kier molecular flexibility index (Phi) is 10.4. The van der Waals surface area contributed by atoms with E-state index in [1.54, 1.807) is 21.3 Å². The molecule has 1 amide bonds. The number of amides is 1. The number of benzene rings is 3. The van der Waals surface area contributed by atoms with Crippen LogP contribution in [-0.2, 0) is 24.3 Å². The first-order valence-electron chi connectivity index (χ1n) is 18.1. The van der Waals surface area contributed by atoms with E-state index in [1.807, 2.05) is 66.4 Å². The van der Waals surface area contributed by atoms with Crippen molar-refractivity contribution in [3.05, 3.63) is 101 Å². The lowest BCUT2D eigenvalue weighted by atomic mass is 9.77. The van der Waals surface area contributed by atoms with Crippen LogP contribution in [0.1, 0.15) is 48.3 Å². The number of aromatic nitrogens is 2. The number of rotatable bonds is 14. The third-order valence-corrected chi connectivity index (χ3v) is 10.8. The molecule has 0 spiro atoms. The van der Waals surface area contributed by atoms with Gasteiger partial charge in [0.2, 0.25) is 17.6 Å². The number of hydrogen-bond donors (Lipinski definition) is 1. The average molecular weight is 710 g/mol. The van der Waals surface area contributed by atoms with Gasteiger partial charge in [0.25, 0.3) is 0 Å². The minimum Gasteiger partial charge on any atom is -0.493 e.